The highest BCUT2D eigenvalue weighted by Crippen LogP contribution is 2.21. The van der Waals surface area contributed by atoms with Crippen molar-refractivity contribution in [3.8, 4) is 0 Å². The van der Waals surface area contributed by atoms with Gasteiger partial charge in [0.2, 0.25) is 11.1 Å². The van der Waals surface area contributed by atoms with Gasteiger partial charge in [-0.3, -0.25) is 10.1 Å². The minimum absolute atomic E-state index is 0.0102. The number of nitrogens with one attached hydrogen (secondary N) is 1. The molecule has 0 radical (unpaired) electrons. The molecule has 0 unspecified atom stereocenters. The molecule has 0 saturated carbocycles. The van der Waals surface area contributed by atoms with Gasteiger partial charge in [-0.25, -0.2) is 4.98 Å². The Morgan fingerprint density at radius 3 is 2.68 bits per heavy atom. The fourth-order valence-electron chi connectivity index (χ4n) is 1.73. The molecule has 1 N–H and O–H groups in total. The van der Waals surface area contributed by atoms with E-state index in [-0.39, 0.29) is 16.8 Å². The van der Waals surface area contributed by atoms with Gasteiger partial charge in [0.1, 0.15) is 6.20 Å². The number of halogens is 1. The highest BCUT2D eigenvalue weighted by molar-refractivity contribution is 6.28. The van der Waals surface area contributed by atoms with Crippen LogP contribution in [0.2, 0.25) is 5.28 Å². The number of nitro groups is 1. The van der Waals surface area contributed by atoms with E-state index in [9.17, 15) is 10.1 Å². The van der Waals surface area contributed by atoms with E-state index in [2.05, 4.69) is 22.2 Å². The third-order valence-electron chi connectivity index (χ3n) is 2.76. The third kappa shape index (κ3) is 5.83. The van der Waals surface area contributed by atoms with Crippen molar-refractivity contribution in [2.75, 3.05) is 11.9 Å². The van der Waals surface area contributed by atoms with Crippen LogP contribution >= 0.6 is 11.6 Å². The molecule has 0 fully saturated rings. The lowest BCUT2D eigenvalue weighted by atomic mass is 10.1. The van der Waals surface area contributed by atoms with Gasteiger partial charge in [0.15, 0.2) is 0 Å². The number of aromatic nitrogens is 2. The van der Waals surface area contributed by atoms with Crippen LogP contribution in [0.4, 0.5) is 11.5 Å². The second-order valence-corrected chi connectivity index (χ2v) is 4.66. The summed E-state index contributed by atoms with van der Waals surface area (Å²) in [6.45, 7) is 2.83. The number of nitrogens with zero attached hydrogens (tertiary/aromatic N) is 3. The maximum Gasteiger partial charge on any atom is 0.329 e. The van der Waals surface area contributed by atoms with Crippen molar-refractivity contribution in [3.05, 3.63) is 21.6 Å². The van der Waals surface area contributed by atoms with E-state index in [0.29, 0.717) is 6.54 Å². The lowest BCUT2D eigenvalue weighted by Gasteiger charge is -2.06. The van der Waals surface area contributed by atoms with Crippen LogP contribution in [0.3, 0.4) is 0 Å². The fourth-order valence-corrected chi connectivity index (χ4v) is 1.86. The average Bonchev–Trinajstić information content (AvgIpc) is 2.37. The molecule has 0 aliphatic heterocycles. The molecular formula is C12H19ClN4O2. The fraction of sp³-hybridized carbons (Fsp3) is 0.667. The predicted octanol–water partition coefficient (Wildman–Crippen LogP) is 3.81. The summed E-state index contributed by atoms with van der Waals surface area (Å²) < 4.78 is 0. The Balaban J connectivity index is 2.36. The van der Waals surface area contributed by atoms with Crippen LogP contribution in [0.15, 0.2) is 6.20 Å². The molecule has 106 valence electrons. The summed E-state index contributed by atoms with van der Waals surface area (Å²) in [4.78, 5) is 17.7. The van der Waals surface area contributed by atoms with Crippen molar-refractivity contribution in [1.29, 1.82) is 0 Å². The molecule has 7 heteroatoms. The molecule has 0 amide bonds. The molecule has 0 spiro atoms. The van der Waals surface area contributed by atoms with E-state index in [1.165, 1.54) is 25.7 Å². The Hall–Kier alpha value is -1.43. The first-order valence-electron chi connectivity index (χ1n) is 6.56. The second kappa shape index (κ2) is 8.63. The maximum absolute atomic E-state index is 10.8. The first kappa shape index (κ1) is 15.6. The Bertz CT molecular complexity index is 415. The Morgan fingerprint density at radius 2 is 2.00 bits per heavy atom. The summed E-state index contributed by atoms with van der Waals surface area (Å²) in [7, 11) is 0. The molecule has 0 saturated heterocycles. The number of hydrogen-bond acceptors (Lipinski definition) is 5. The van der Waals surface area contributed by atoms with E-state index in [1.807, 2.05) is 0 Å². The van der Waals surface area contributed by atoms with Gasteiger partial charge >= 0.3 is 5.69 Å². The van der Waals surface area contributed by atoms with Gasteiger partial charge in [-0.1, -0.05) is 39.0 Å². The summed E-state index contributed by atoms with van der Waals surface area (Å²) in [6, 6.07) is 0. The quantitative estimate of drug-likeness (QED) is 0.323. The highest BCUT2D eigenvalue weighted by atomic mass is 35.5. The molecule has 0 bridgehead atoms. The number of rotatable bonds is 9. The largest absolute Gasteiger partial charge is 0.364 e. The van der Waals surface area contributed by atoms with Crippen LogP contribution in [0.25, 0.3) is 0 Å². The molecule has 1 aromatic heterocycles. The maximum atomic E-state index is 10.8. The van der Waals surface area contributed by atoms with Crippen molar-refractivity contribution in [3.63, 3.8) is 0 Å². The van der Waals surface area contributed by atoms with Crippen LogP contribution < -0.4 is 5.32 Å². The van der Waals surface area contributed by atoms with Crippen molar-refractivity contribution >= 4 is 23.1 Å². The predicted molar refractivity (Wildman–Crippen MR) is 75.6 cm³/mol. The summed E-state index contributed by atoms with van der Waals surface area (Å²) in [5, 5.41) is 13.7. The van der Waals surface area contributed by atoms with E-state index < -0.39 is 4.92 Å². The standard InChI is InChI=1S/C12H19ClN4O2/c1-2-3-4-5-6-7-8-14-11-10(17(18)19)9-15-12(13)16-11/h9H,2-8H2,1H3,(H,14,15,16). The lowest BCUT2D eigenvalue weighted by molar-refractivity contribution is -0.384. The van der Waals surface area contributed by atoms with Crippen molar-refractivity contribution in [1.82, 2.24) is 9.97 Å². The van der Waals surface area contributed by atoms with Gasteiger partial charge in [-0.15, -0.1) is 0 Å². The number of unbranched alkanes of at least 4 members (excludes halogenated alkanes) is 5. The zero-order valence-electron chi connectivity index (χ0n) is 11.1. The lowest BCUT2D eigenvalue weighted by Crippen LogP contribution is -2.07. The zero-order chi connectivity index (χ0) is 14.1. The van der Waals surface area contributed by atoms with Crippen LogP contribution in [0.5, 0.6) is 0 Å². The van der Waals surface area contributed by atoms with Crippen LogP contribution in [-0.4, -0.2) is 21.4 Å². The molecule has 0 aliphatic rings. The molecule has 1 heterocycles. The van der Waals surface area contributed by atoms with Gasteiger partial charge in [0, 0.05) is 6.54 Å². The van der Waals surface area contributed by atoms with Gasteiger partial charge in [-0.05, 0) is 18.0 Å². The van der Waals surface area contributed by atoms with Crippen molar-refractivity contribution in [2.24, 2.45) is 0 Å². The molecule has 0 atom stereocenters. The minimum Gasteiger partial charge on any atom is -0.364 e. The molecule has 0 aromatic carbocycles. The highest BCUT2D eigenvalue weighted by Gasteiger charge is 2.16. The van der Waals surface area contributed by atoms with E-state index >= 15 is 0 Å². The SMILES string of the molecule is CCCCCCCCNc1nc(Cl)ncc1[N+](=O)[O-]. The molecule has 1 aromatic rings. The van der Waals surface area contributed by atoms with Crippen LogP contribution in [0, 0.1) is 10.1 Å². The normalized spacial score (nSPS) is 10.4. The molecular weight excluding hydrogens is 268 g/mol. The van der Waals surface area contributed by atoms with Crippen molar-refractivity contribution < 1.29 is 4.92 Å². The second-order valence-electron chi connectivity index (χ2n) is 4.32. The van der Waals surface area contributed by atoms with Gasteiger partial charge in [0.05, 0.1) is 4.92 Å². The third-order valence-corrected chi connectivity index (χ3v) is 2.94. The van der Waals surface area contributed by atoms with E-state index in [1.54, 1.807) is 0 Å². The molecule has 6 nitrogen and oxygen atoms in total. The first-order chi connectivity index (χ1) is 9.15. The smallest absolute Gasteiger partial charge is 0.329 e. The topological polar surface area (TPSA) is 81.0 Å². The molecule has 19 heavy (non-hydrogen) atoms. The van der Waals surface area contributed by atoms with Gasteiger partial charge < -0.3 is 5.32 Å². The average molecular weight is 287 g/mol. The Morgan fingerprint density at radius 1 is 1.32 bits per heavy atom. The summed E-state index contributed by atoms with van der Waals surface area (Å²) in [6.07, 6.45) is 8.13. The molecule has 1 rings (SSSR count). The van der Waals surface area contributed by atoms with E-state index in [4.69, 9.17) is 11.6 Å². The summed E-state index contributed by atoms with van der Waals surface area (Å²) in [5.41, 5.74) is -0.143. The van der Waals surface area contributed by atoms with E-state index in [0.717, 1.165) is 19.0 Å². The zero-order valence-corrected chi connectivity index (χ0v) is 11.8. The van der Waals surface area contributed by atoms with Crippen molar-refractivity contribution in [2.45, 2.75) is 45.4 Å². The number of anilines is 1. The monoisotopic (exact) mass is 286 g/mol. The van der Waals surface area contributed by atoms with Crippen LogP contribution in [-0.2, 0) is 0 Å². The summed E-state index contributed by atoms with van der Waals surface area (Å²) >= 11 is 5.63. The first-order valence-corrected chi connectivity index (χ1v) is 6.93. The van der Waals surface area contributed by atoms with Crippen LogP contribution in [0.1, 0.15) is 45.4 Å². The minimum atomic E-state index is -0.514. The van der Waals surface area contributed by atoms with Gasteiger partial charge in [0.25, 0.3) is 0 Å². The Kier molecular flexibility index (Phi) is 7.10. The Labute approximate surface area is 117 Å². The molecule has 0 aliphatic carbocycles. The number of hydrogen-bond donors (Lipinski definition) is 1. The summed E-state index contributed by atoms with van der Waals surface area (Å²) in [5.74, 6) is 0.193. The van der Waals surface area contributed by atoms with Gasteiger partial charge in [-0.2, -0.15) is 4.98 Å².